The summed E-state index contributed by atoms with van der Waals surface area (Å²) in [6.07, 6.45) is 0. The van der Waals surface area contributed by atoms with Crippen molar-refractivity contribution in [2.45, 2.75) is 44.7 Å². The smallest absolute Gasteiger partial charge is 0.246 e. The van der Waals surface area contributed by atoms with Gasteiger partial charge in [0.1, 0.15) is 11.8 Å². The first-order valence-corrected chi connectivity index (χ1v) is 10.4. The van der Waals surface area contributed by atoms with Gasteiger partial charge in [0.05, 0.1) is 17.7 Å². The fourth-order valence-electron chi connectivity index (χ4n) is 2.58. The van der Waals surface area contributed by atoms with Gasteiger partial charge in [-0.2, -0.15) is 0 Å². The molecule has 0 aliphatic rings. The second kappa shape index (κ2) is 9.07. The van der Waals surface area contributed by atoms with E-state index in [1.54, 1.807) is 40.0 Å². The van der Waals surface area contributed by atoms with Gasteiger partial charge in [-0.1, -0.05) is 6.07 Å². The lowest BCUT2D eigenvalue weighted by Crippen LogP contribution is -2.32. The molecule has 28 heavy (non-hydrogen) atoms. The number of benzene rings is 2. The molecule has 3 N–H and O–H groups in total. The van der Waals surface area contributed by atoms with E-state index in [1.807, 2.05) is 25.1 Å². The minimum absolute atomic E-state index is 0.148. The number of aryl methyl sites for hydroxylation is 1. The second-order valence-corrected chi connectivity index (χ2v) is 8.57. The van der Waals surface area contributed by atoms with Gasteiger partial charge in [-0.3, -0.25) is 4.79 Å². The molecular formula is C20H27N3O4S. The third-order valence-electron chi connectivity index (χ3n) is 3.94. The Kier molecular flexibility index (Phi) is 7.04. The van der Waals surface area contributed by atoms with Crippen molar-refractivity contribution in [2.24, 2.45) is 0 Å². The predicted molar refractivity (Wildman–Crippen MR) is 111 cm³/mol. The highest BCUT2D eigenvalue weighted by molar-refractivity contribution is 7.89. The van der Waals surface area contributed by atoms with Gasteiger partial charge in [0, 0.05) is 11.7 Å². The average Bonchev–Trinajstić information content (AvgIpc) is 2.61. The number of ether oxygens (including phenoxy) is 1. The first-order valence-electron chi connectivity index (χ1n) is 8.97. The van der Waals surface area contributed by atoms with E-state index in [9.17, 15) is 13.2 Å². The third-order valence-corrected chi connectivity index (χ3v) is 5.62. The maximum Gasteiger partial charge on any atom is 0.246 e. The predicted octanol–water partition coefficient (Wildman–Crippen LogP) is 3.13. The Morgan fingerprint density at radius 3 is 2.25 bits per heavy atom. The monoisotopic (exact) mass is 405 g/mol. The first kappa shape index (κ1) is 21.7. The second-order valence-electron chi connectivity index (χ2n) is 6.86. The molecule has 152 valence electrons. The normalized spacial score (nSPS) is 12.5. The lowest BCUT2D eigenvalue weighted by Gasteiger charge is -2.18. The van der Waals surface area contributed by atoms with Crippen LogP contribution in [0.15, 0.2) is 47.4 Å². The molecule has 2 rings (SSSR count). The molecular weight excluding hydrogens is 378 g/mol. The van der Waals surface area contributed by atoms with Crippen LogP contribution in [0.25, 0.3) is 0 Å². The summed E-state index contributed by atoms with van der Waals surface area (Å²) in [5, 5.41) is 5.91. The largest absolute Gasteiger partial charge is 0.495 e. The van der Waals surface area contributed by atoms with Crippen molar-refractivity contribution in [2.75, 3.05) is 17.7 Å². The van der Waals surface area contributed by atoms with Crippen molar-refractivity contribution in [3.05, 3.63) is 48.0 Å². The molecule has 0 heterocycles. The Bertz CT molecular complexity index is 925. The number of amides is 1. The zero-order valence-electron chi connectivity index (χ0n) is 16.7. The van der Waals surface area contributed by atoms with Gasteiger partial charge in [0.25, 0.3) is 0 Å². The van der Waals surface area contributed by atoms with E-state index in [4.69, 9.17) is 4.74 Å². The van der Waals surface area contributed by atoms with E-state index in [0.29, 0.717) is 11.4 Å². The molecule has 0 aliphatic heterocycles. The molecule has 7 nitrogen and oxygen atoms in total. The quantitative estimate of drug-likeness (QED) is 0.627. The summed E-state index contributed by atoms with van der Waals surface area (Å²) in [7, 11) is -1.99. The van der Waals surface area contributed by atoms with Crippen LogP contribution in [0.5, 0.6) is 5.75 Å². The van der Waals surface area contributed by atoms with Crippen molar-refractivity contribution in [3.8, 4) is 5.75 Å². The van der Waals surface area contributed by atoms with Crippen LogP contribution >= 0.6 is 0 Å². The molecule has 0 radical (unpaired) electrons. The highest BCUT2D eigenvalue weighted by Crippen LogP contribution is 2.26. The highest BCUT2D eigenvalue weighted by Gasteiger charge is 2.17. The maximum absolute atomic E-state index is 12.5. The molecule has 0 aliphatic carbocycles. The third kappa shape index (κ3) is 5.71. The molecule has 1 amide bonds. The molecule has 1 atom stereocenters. The summed E-state index contributed by atoms with van der Waals surface area (Å²) in [5.41, 5.74) is 2.28. The molecule has 8 heteroatoms. The van der Waals surface area contributed by atoms with Gasteiger partial charge >= 0.3 is 0 Å². The summed E-state index contributed by atoms with van der Waals surface area (Å²) >= 11 is 0. The van der Waals surface area contributed by atoms with Crippen molar-refractivity contribution in [1.82, 2.24) is 4.72 Å². The molecule has 2 aromatic rings. The van der Waals surface area contributed by atoms with E-state index in [0.717, 1.165) is 11.3 Å². The van der Waals surface area contributed by atoms with Crippen LogP contribution in [0, 0.1) is 6.92 Å². The lowest BCUT2D eigenvalue weighted by molar-refractivity contribution is -0.116. The number of hydrogen-bond acceptors (Lipinski definition) is 5. The topological polar surface area (TPSA) is 96.5 Å². The van der Waals surface area contributed by atoms with Gasteiger partial charge in [-0.05, 0) is 69.7 Å². The van der Waals surface area contributed by atoms with E-state index in [-0.39, 0.29) is 16.8 Å². The van der Waals surface area contributed by atoms with E-state index >= 15 is 0 Å². The Morgan fingerprint density at radius 2 is 1.68 bits per heavy atom. The molecule has 0 unspecified atom stereocenters. The Labute approximate surface area is 166 Å². The fourth-order valence-corrected chi connectivity index (χ4v) is 3.83. The van der Waals surface area contributed by atoms with Crippen LogP contribution in [0.2, 0.25) is 0 Å². The number of nitrogens with one attached hydrogen (secondary N) is 3. The van der Waals surface area contributed by atoms with Crippen molar-refractivity contribution in [1.29, 1.82) is 0 Å². The lowest BCUT2D eigenvalue weighted by atomic mass is 10.2. The van der Waals surface area contributed by atoms with Crippen LogP contribution in [-0.4, -0.2) is 33.5 Å². The first-order chi connectivity index (χ1) is 13.1. The van der Waals surface area contributed by atoms with Gasteiger partial charge in [0.15, 0.2) is 0 Å². The van der Waals surface area contributed by atoms with Gasteiger partial charge in [0.2, 0.25) is 15.9 Å². The summed E-state index contributed by atoms with van der Waals surface area (Å²) < 4.78 is 32.1. The van der Waals surface area contributed by atoms with Gasteiger partial charge in [-0.25, -0.2) is 13.1 Å². The highest BCUT2D eigenvalue weighted by atomic mass is 32.2. The molecule has 0 fully saturated rings. The number of methoxy groups -OCH3 is 1. The summed E-state index contributed by atoms with van der Waals surface area (Å²) in [6.45, 7) is 7.20. The Morgan fingerprint density at radius 1 is 1.04 bits per heavy atom. The van der Waals surface area contributed by atoms with E-state index in [2.05, 4.69) is 15.4 Å². The fraction of sp³-hybridized carbons (Fsp3) is 0.350. The number of rotatable bonds is 8. The average molecular weight is 406 g/mol. The van der Waals surface area contributed by atoms with Crippen LogP contribution in [0.1, 0.15) is 26.3 Å². The standard InChI is InChI=1S/C20H27N3O4S/c1-13(2)23-28(25,26)17-9-7-16(8-10-17)22-20(24)15(4)21-18-12-14(3)6-11-19(18)27-5/h6-13,15,21,23H,1-5H3,(H,22,24)/t15-/m0/s1. The molecule has 0 aromatic heterocycles. The summed E-state index contributed by atoms with van der Waals surface area (Å²) in [6, 6.07) is 11.0. The number of carbonyl (C=O) groups excluding carboxylic acids is 1. The zero-order chi connectivity index (χ0) is 20.9. The molecule has 0 spiro atoms. The van der Waals surface area contributed by atoms with Crippen molar-refractivity contribution < 1.29 is 17.9 Å². The number of carbonyl (C=O) groups is 1. The van der Waals surface area contributed by atoms with Crippen LogP contribution in [0.3, 0.4) is 0 Å². The number of anilines is 2. The Balaban J connectivity index is 2.05. The molecule has 0 bridgehead atoms. The zero-order valence-corrected chi connectivity index (χ0v) is 17.6. The Hall–Kier alpha value is -2.58. The number of hydrogen-bond donors (Lipinski definition) is 3. The van der Waals surface area contributed by atoms with Crippen molar-refractivity contribution >= 4 is 27.3 Å². The minimum Gasteiger partial charge on any atom is -0.495 e. The SMILES string of the molecule is COc1ccc(C)cc1N[C@@H](C)C(=O)Nc1ccc(S(=O)(=O)NC(C)C)cc1. The molecule has 0 saturated carbocycles. The van der Waals surface area contributed by atoms with Crippen LogP contribution in [-0.2, 0) is 14.8 Å². The van der Waals surface area contributed by atoms with Crippen LogP contribution in [0.4, 0.5) is 11.4 Å². The summed E-state index contributed by atoms with van der Waals surface area (Å²) in [4.78, 5) is 12.6. The summed E-state index contributed by atoms with van der Waals surface area (Å²) in [5.74, 6) is 0.400. The number of sulfonamides is 1. The maximum atomic E-state index is 12.5. The van der Waals surface area contributed by atoms with E-state index in [1.165, 1.54) is 12.1 Å². The molecule has 2 aromatic carbocycles. The van der Waals surface area contributed by atoms with Gasteiger partial charge in [-0.15, -0.1) is 0 Å². The molecule has 0 saturated heterocycles. The minimum atomic E-state index is -3.56. The van der Waals surface area contributed by atoms with Crippen molar-refractivity contribution in [3.63, 3.8) is 0 Å². The van der Waals surface area contributed by atoms with E-state index < -0.39 is 16.1 Å². The van der Waals surface area contributed by atoms with Gasteiger partial charge < -0.3 is 15.4 Å². The van der Waals surface area contributed by atoms with Crippen LogP contribution < -0.4 is 20.1 Å².